The van der Waals surface area contributed by atoms with Crippen LogP contribution in [-0.4, -0.2) is 12.1 Å². The summed E-state index contributed by atoms with van der Waals surface area (Å²) >= 11 is 3.50. The Balaban J connectivity index is 1.47. The van der Waals surface area contributed by atoms with E-state index in [-0.39, 0.29) is 0 Å². The van der Waals surface area contributed by atoms with Gasteiger partial charge in [-0.05, 0) is 61.1 Å². The minimum atomic E-state index is 0.562. The third-order valence-electron chi connectivity index (χ3n) is 4.92. The van der Waals surface area contributed by atoms with Crippen LogP contribution in [0.15, 0.2) is 28.7 Å². The number of benzene rings is 1. The van der Waals surface area contributed by atoms with Crippen LogP contribution in [0, 0.1) is 5.41 Å². The maximum Gasteiger partial charge on any atom is 0.0175 e. The molecule has 0 saturated heterocycles. The summed E-state index contributed by atoms with van der Waals surface area (Å²) in [5.41, 5.74) is 2.07. The lowest BCUT2D eigenvalue weighted by Gasteiger charge is -2.38. The van der Waals surface area contributed by atoms with E-state index < -0.39 is 0 Å². The molecule has 2 saturated carbocycles. The van der Waals surface area contributed by atoms with Crippen LogP contribution in [0.2, 0.25) is 0 Å². The molecule has 2 aliphatic carbocycles. The first-order chi connectivity index (χ1) is 9.02. The van der Waals surface area contributed by atoms with Gasteiger partial charge < -0.3 is 5.32 Å². The fourth-order valence-electron chi connectivity index (χ4n) is 3.67. The molecule has 3 rings (SSSR count). The zero-order chi connectivity index (χ0) is 13.5. The van der Waals surface area contributed by atoms with Gasteiger partial charge in [0.25, 0.3) is 0 Å². The lowest BCUT2D eigenvalue weighted by molar-refractivity contribution is 0.256. The third kappa shape index (κ3) is 3.22. The van der Waals surface area contributed by atoms with Crippen LogP contribution in [0.5, 0.6) is 0 Å². The zero-order valence-electron chi connectivity index (χ0n) is 12.0. The fraction of sp³-hybridized carbons (Fsp3) is 0.647. The van der Waals surface area contributed by atoms with Gasteiger partial charge in [0.2, 0.25) is 0 Å². The van der Waals surface area contributed by atoms with Crippen LogP contribution in [0.4, 0.5) is 0 Å². The van der Waals surface area contributed by atoms with E-state index in [1.54, 1.807) is 0 Å². The molecule has 1 aromatic carbocycles. The lowest BCUT2D eigenvalue weighted by Crippen LogP contribution is -2.44. The molecule has 1 nitrogen and oxygen atoms in total. The Morgan fingerprint density at radius 2 is 1.79 bits per heavy atom. The molecule has 2 heteroatoms. The first-order valence-electron chi connectivity index (χ1n) is 7.53. The molecule has 0 radical (unpaired) electrons. The van der Waals surface area contributed by atoms with E-state index in [1.165, 1.54) is 42.1 Å². The van der Waals surface area contributed by atoms with Crippen molar-refractivity contribution in [2.75, 3.05) is 0 Å². The van der Waals surface area contributed by atoms with Gasteiger partial charge in [-0.3, -0.25) is 0 Å². The first kappa shape index (κ1) is 13.6. The Kier molecular flexibility index (Phi) is 3.74. The second kappa shape index (κ2) is 5.21. The summed E-state index contributed by atoms with van der Waals surface area (Å²) in [4.78, 5) is 0. The molecular formula is C17H24BrN. The molecule has 2 aliphatic rings. The molecule has 1 unspecified atom stereocenters. The van der Waals surface area contributed by atoms with E-state index in [2.05, 4.69) is 59.4 Å². The van der Waals surface area contributed by atoms with Gasteiger partial charge in [-0.25, -0.2) is 0 Å². The average molecular weight is 322 g/mol. The highest BCUT2D eigenvalue weighted by Gasteiger charge is 2.36. The zero-order valence-corrected chi connectivity index (χ0v) is 13.5. The summed E-state index contributed by atoms with van der Waals surface area (Å²) in [7, 11) is 0. The average Bonchev–Trinajstić information content (AvgIpc) is 2.64. The number of nitrogens with one attached hydrogen (secondary N) is 1. The van der Waals surface area contributed by atoms with Crippen molar-refractivity contribution in [3.05, 3.63) is 34.3 Å². The first-order valence-corrected chi connectivity index (χ1v) is 8.33. The Bertz CT molecular complexity index is 431. The van der Waals surface area contributed by atoms with Gasteiger partial charge in [-0.1, -0.05) is 41.9 Å². The van der Waals surface area contributed by atoms with Crippen molar-refractivity contribution >= 4 is 15.9 Å². The second-order valence-electron chi connectivity index (χ2n) is 7.19. The number of hydrogen-bond acceptors (Lipinski definition) is 1. The molecule has 0 amide bonds. The third-order valence-corrected chi connectivity index (χ3v) is 5.45. The lowest BCUT2D eigenvalue weighted by atomic mass is 9.75. The van der Waals surface area contributed by atoms with Gasteiger partial charge in [-0.15, -0.1) is 0 Å². The summed E-state index contributed by atoms with van der Waals surface area (Å²) in [6.45, 7) is 4.81. The highest BCUT2D eigenvalue weighted by atomic mass is 79.9. The maximum atomic E-state index is 3.87. The molecule has 0 aliphatic heterocycles. The smallest absolute Gasteiger partial charge is 0.0175 e. The van der Waals surface area contributed by atoms with Crippen molar-refractivity contribution in [3.63, 3.8) is 0 Å². The minimum Gasteiger partial charge on any atom is -0.311 e. The largest absolute Gasteiger partial charge is 0.311 e. The van der Waals surface area contributed by atoms with Gasteiger partial charge in [0, 0.05) is 16.6 Å². The number of hydrogen-bond donors (Lipinski definition) is 1. The van der Waals surface area contributed by atoms with Crippen LogP contribution in [-0.2, 0) is 0 Å². The van der Waals surface area contributed by atoms with Crippen molar-refractivity contribution in [1.29, 1.82) is 0 Å². The molecular weight excluding hydrogens is 298 g/mol. The standard InChI is InChI=1S/C17H24BrN/c1-17(2)8-7-15(11-17)19-16-9-13(10-16)12-3-5-14(18)6-4-12/h3-6,13,15-16,19H,7-11H2,1-2H3. The maximum absolute atomic E-state index is 3.87. The van der Waals surface area contributed by atoms with Crippen LogP contribution >= 0.6 is 15.9 Å². The van der Waals surface area contributed by atoms with E-state index in [0.717, 1.165) is 18.0 Å². The van der Waals surface area contributed by atoms with Crippen molar-refractivity contribution in [3.8, 4) is 0 Å². The van der Waals surface area contributed by atoms with E-state index >= 15 is 0 Å². The van der Waals surface area contributed by atoms with Crippen LogP contribution in [0.25, 0.3) is 0 Å². The summed E-state index contributed by atoms with van der Waals surface area (Å²) in [5, 5.41) is 3.87. The van der Waals surface area contributed by atoms with E-state index in [0.29, 0.717) is 5.41 Å². The topological polar surface area (TPSA) is 12.0 Å². The molecule has 1 aromatic rings. The van der Waals surface area contributed by atoms with Crippen molar-refractivity contribution < 1.29 is 0 Å². The Labute approximate surface area is 125 Å². The van der Waals surface area contributed by atoms with Gasteiger partial charge >= 0.3 is 0 Å². The molecule has 0 spiro atoms. The molecule has 0 bridgehead atoms. The fourth-order valence-corrected chi connectivity index (χ4v) is 3.94. The Morgan fingerprint density at radius 3 is 2.37 bits per heavy atom. The Hall–Kier alpha value is -0.340. The molecule has 104 valence electrons. The second-order valence-corrected chi connectivity index (χ2v) is 8.10. The van der Waals surface area contributed by atoms with Crippen LogP contribution < -0.4 is 5.32 Å². The summed E-state index contributed by atoms with van der Waals surface area (Å²) < 4.78 is 1.18. The van der Waals surface area contributed by atoms with Gasteiger partial charge in [-0.2, -0.15) is 0 Å². The SMILES string of the molecule is CC1(C)CCC(NC2CC(c3ccc(Br)cc3)C2)C1. The van der Waals surface area contributed by atoms with Crippen molar-refractivity contribution in [1.82, 2.24) is 5.32 Å². The number of halogens is 1. The van der Waals surface area contributed by atoms with Crippen LogP contribution in [0.3, 0.4) is 0 Å². The van der Waals surface area contributed by atoms with Gasteiger partial charge in [0.05, 0.1) is 0 Å². The van der Waals surface area contributed by atoms with E-state index in [4.69, 9.17) is 0 Å². The summed E-state index contributed by atoms with van der Waals surface area (Å²) in [6.07, 6.45) is 6.74. The normalized spacial score (nSPS) is 33.1. The van der Waals surface area contributed by atoms with Crippen molar-refractivity contribution in [2.24, 2.45) is 5.41 Å². The monoisotopic (exact) mass is 321 g/mol. The highest BCUT2D eigenvalue weighted by molar-refractivity contribution is 9.10. The molecule has 0 heterocycles. The quantitative estimate of drug-likeness (QED) is 0.838. The van der Waals surface area contributed by atoms with Gasteiger partial charge in [0.15, 0.2) is 0 Å². The van der Waals surface area contributed by atoms with E-state index in [9.17, 15) is 0 Å². The molecule has 19 heavy (non-hydrogen) atoms. The van der Waals surface area contributed by atoms with E-state index in [1.807, 2.05) is 0 Å². The van der Waals surface area contributed by atoms with Crippen LogP contribution in [0.1, 0.15) is 57.4 Å². The highest BCUT2D eigenvalue weighted by Crippen LogP contribution is 2.41. The molecule has 1 atom stereocenters. The Morgan fingerprint density at radius 1 is 1.11 bits per heavy atom. The van der Waals surface area contributed by atoms with Crippen molar-refractivity contribution in [2.45, 2.75) is 64.0 Å². The predicted octanol–water partition coefficient (Wildman–Crippen LogP) is 4.86. The molecule has 2 fully saturated rings. The molecule has 1 N–H and O–H groups in total. The predicted molar refractivity (Wildman–Crippen MR) is 84.5 cm³/mol. The van der Waals surface area contributed by atoms with Gasteiger partial charge in [0.1, 0.15) is 0 Å². The molecule has 0 aromatic heterocycles. The minimum absolute atomic E-state index is 0.562. The summed E-state index contributed by atoms with van der Waals surface area (Å²) in [6, 6.07) is 10.4. The summed E-state index contributed by atoms with van der Waals surface area (Å²) in [5.74, 6) is 0.778. The number of rotatable bonds is 3.